The van der Waals surface area contributed by atoms with Crippen molar-refractivity contribution >= 4 is 18.3 Å². The van der Waals surface area contributed by atoms with Crippen LogP contribution in [0, 0.1) is 5.41 Å². The van der Waals surface area contributed by atoms with Gasteiger partial charge in [0.05, 0.1) is 0 Å². The fourth-order valence-electron chi connectivity index (χ4n) is 2.72. The van der Waals surface area contributed by atoms with Crippen LogP contribution in [0.15, 0.2) is 6.07 Å². The lowest BCUT2D eigenvalue weighted by Gasteiger charge is -2.34. The van der Waals surface area contributed by atoms with Crippen molar-refractivity contribution in [2.45, 2.75) is 39.5 Å². The van der Waals surface area contributed by atoms with Gasteiger partial charge in [0, 0.05) is 19.3 Å². The van der Waals surface area contributed by atoms with Crippen molar-refractivity contribution in [3.05, 3.63) is 17.5 Å². The second-order valence-electron chi connectivity index (χ2n) is 6.48. The number of hydrogen-bond acceptors (Lipinski definition) is 3. The van der Waals surface area contributed by atoms with E-state index in [-0.39, 0.29) is 23.7 Å². The molecule has 0 saturated carbocycles. The van der Waals surface area contributed by atoms with Crippen molar-refractivity contribution in [1.82, 2.24) is 20.4 Å². The molecule has 1 aromatic rings. The van der Waals surface area contributed by atoms with Crippen LogP contribution in [0.5, 0.6) is 0 Å². The molecule has 0 atom stereocenters. The maximum Gasteiger partial charge on any atom is 0.271 e. The first-order valence-electron chi connectivity index (χ1n) is 7.44. The lowest BCUT2D eigenvalue weighted by Crippen LogP contribution is -2.43. The number of hydrogen-bond donors (Lipinski definition) is 2. The largest absolute Gasteiger partial charge is 0.350 e. The Kier molecular flexibility index (Phi) is 6.23. The van der Waals surface area contributed by atoms with Gasteiger partial charge in [-0.2, -0.15) is 5.10 Å². The molecule has 1 amide bonds. The average Bonchev–Trinajstić information content (AvgIpc) is 2.79. The summed E-state index contributed by atoms with van der Waals surface area (Å²) in [6.45, 7) is 9.25. The molecule has 0 radical (unpaired) electrons. The number of nitrogens with zero attached hydrogens (tertiary/aromatic N) is 2. The Bertz CT molecular complexity index is 478. The number of aryl methyl sites for hydroxylation is 1. The molecule has 0 spiro atoms. The van der Waals surface area contributed by atoms with Crippen LogP contribution in [0.3, 0.4) is 0 Å². The smallest absolute Gasteiger partial charge is 0.271 e. The molecule has 120 valence electrons. The second kappa shape index (κ2) is 7.27. The Morgan fingerprint density at radius 3 is 2.62 bits per heavy atom. The van der Waals surface area contributed by atoms with Gasteiger partial charge in [-0.05, 0) is 43.3 Å². The Hall–Kier alpha value is -1.07. The van der Waals surface area contributed by atoms with Crippen molar-refractivity contribution in [2.24, 2.45) is 12.5 Å². The van der Waals surface area contributed by atoms with E-state index in [1.165, 1.54) is 0 Å². The monoisotopic (exact) mass is 314 g/mol. The first-order valence-corrected chi connectivity index (χ1v) is 7.44. The number of carbonyl (C=O) groups excluding carboxylic acids is 1. The van der Waals surface area contributed by atoms with Gasteiger partial charge in [0.2, 0.25) is 0 Å². The van der Waals surface area contributed by atoms with E-state index < -0.39 is 0 Å². The van der Waals surface area contributed by atoms with E-state index in [1.807, 2.05) is 13.1 Å². The average molecular weight is 315 g/mol. The molecule has 2 rings (SSSR count). The van der Waals surface area contributed by atoms with Crippen LogP contribution < -0.4 is 10.6 Å². The molecule has 1 aromatic heterocycles. The molecule has 0 aromatic carbocycles. The van der Waals surface area contributed by atoms with E-state index in [4.69, 9.17) is 0 Å². The van der Waals surface area contributed by atoms with Gasteiger partial charge in [-0.1, -0.05) is 20.8 Å². The highest BCUT2D eigenvalue weighted by atomic mass is 35.5. The van der Waals surface area contributed by atoms with Crippen molar-refractivity contribution in [3.63, 3.8) is 0 Å². The first kappa shape index (κ1) is 18.0. The predicted octanol–water partition coefficient (Wildman–Crippen LogP) is 2.08. The van der Waals surface area contributed by atoms with Gasteiger partial charge < -0.3 is 10.6 Å². The molecular weight excluding hydrogens is 288 g/mol. The molecule has 6 heteroatoms. The third-order valence-corrected chi connectivity index (χ3v) is 4.23. The van der Waals surface area contributed by atoms with E-state index in [0.717, 1.165) is 38.2 Å². The maximum atomic E-state index is 12.2. The highest BCUT2D eigenvalue weighted by molar-refractivity contribution is 5.92. The third kappa shape index (κ3) is 4.45. The summed E-state index contributed by atoms with van der Waals surface area (Å²) in [5, 5.41) is 10.7. The number of carbonyl (C=O) groups is 1. The van der Waals surface area contributed by atoms with Crippen molar-refractivity contribution < 1.29 is 4.79 Å². The molecule has 1 fully saturated rings. The van der Waals surface area contributed by atoms with Gasteiger partial charge in [-0.15, -0.1) is 12.4 Å². The van der Waals surface area contributed by atoms with Gasteiger partial charge in [-0.25, -0.2) is 0 Å². The van der Waals surface area contributed by atoms with Gasteiger partial charge in [0.25, 0.3) is 5.91 Å². The summed E-state index contributed by atoms with van der Waals surface area (Å²) in [6.07, 6.45) is 2.21. The van der Waals surface area contributed by atoms with Crippen LogP contribution in [-0.4, -0.2) is 35.3 Å². The topological polar surface area (TPSA) is 59.0 Å². The highest BCUT2D eigenvalue weighted by Crippen LogP contribution is 2.26. The number of amides is 1. The zero-order valence-corrected chi connectivity index (χ0v) is 14.2. The van der Waals surface area contributed by atoms with Crippen LogP contribution in [0.4, 0.5) is 0 Å². The zero-order chi connectivity index (χ0) is 14.8. The fourth-order valence-corrected chi connectivity index (χ4v) is 2.72. The molecule has 0 aliphatic carbocycles. The molecule has 21 heavy (non-hydrogen) atoms. The molecule has 5 nitrogen and oxygen atoms in total. The minimum absolute atomic E-state index is 0. The number of piperidine rings is 1. The standard InChI is InChI=1S/C15H26N4O.ClH/c1-11(2)13-9-12(18-19(13)4)14(20)17-10-15(3)5-7-16-8-6-15;/h9,11,16H,5-8,10H2,1-4H3,(H,17,20);1H. The van der Waals surface area contributed by atoms with Gasteiger partial charge in [0.15, 0.2) is 0 Å². The number of nitrogens with one attached hydrogen (secondary N) is 2. The molecule has 1 saturated heterocycles. The molecule has 0 unspecified atom stereocenters. The van der Waals surface area contributed by atoms with E-state index in [9.17, 15) is 4.79 Å². The fraction of sp³-hybridized carbons (Fsp3) is 0.733. The summed E-state index contributed by atoms with van der Waals surface area (Å²) in [7, 11) is 1.89. The molecular formula is C15H27ClN4O. The lowest BCUT2D eigenvalue weighted by molar-refractivity contribution is 0.0916. The molecule has 0 bridgehead atoms. The zero-order valence-electron chi connectivity index (χ0n) is 13.4. The third-order valence-electron chi connectivity index (χ3n) is 4.23. The minimum atomic E-state index is -0.0627. The molecule has 1 aliphatic heterocycles. The Labute approximate surface area is 133 Å². The number of halogens is 1. The summed E-state index contributed by atoms with van der Waals surface area (Å²) in [5.74, 6) is 0.309. The van der Waals surface area contributed by atoms with E-state index in [1.54, 1.807) is 4.68 Å². The number of rotatable bonds is 4. The Morgan fingerprint density at radius 2 is 2.10 bits per heavy atom. The van der Waals surface area contributed by atoms with Crippen molar-refractivity contribution in [1.29, 1.82) is 0 Å². The van der Waals surface area contributed by atoms with Gasteiger partial charge in [0.1, 0.15) is 5.69 Å². The van der Waals surface area contributed by atoms with Gasteiger partial charge >= 0.3 is 0 Å². The van der Waals surface area contributed by atoms with Crippen LogP contribution in [0.1, 0.15) is 55.7 Å². The predicted molar refractivity (Wildman–Crippen MR) is 87.1 cm³/mol. The Balaban J connectivity index is 0.00000220. The summed E-state index contributed by atoms with van der Waals surface area (Å²) < 4.78 is 1.80. The molecule has 1 aliphatic rings. The van der Waals surface area contributed by atoms with E-state index >= 15 is 0 Å². The summed E-state index contributed by atoms with van der Waals surface area (Å²) in [6, 6.07) is 1.89. The SMILES string of the molecule is CC(C)c1cc(C(=O)NCC2(C)CCNCC2)nn1C.Cl. The second-order valence-corrected chi connectivity index (χ2v) is 6.48. The molecule has 2 heterocycles. The quantitative estimate of drug-likeness (QED) is 0.894. The number of aromatic nitrogens is 2. The van der Waals surface area contributed by atoms with E-state index in [0.29, 0.717) is 11.6 Å². The lowest BCUT2D eigenvalue weighted by atomic mass is 9.81. The van der Waals surface area contributed by atoms with Gasteiger partial charge in [-0.3, -0.25) is 9.48 Å². The van der Waals surface area contributed by atoms with Crippen molar-refractivity contribution in [3.8, 4) is 0 Å². The normalized spacial score (nSPS) is 17.4. The summed E-state index contributed by atoms with van der Waals surface area (Å²) in [5.41, 5.74) is 1.81. The Morgan fingerprint density at radius 1 is 1.48 bits per heavy atom. The maximum absolute atomic E-state index is 12.2. The summed E-state index contributed by atoms with van der Waals surface area (Å²) >= 11 is 0. The van der Waals surface area contributed by atoms with Crippen LogP contribution >= 0.6 is 12.4 Å². The van der Waals surface area contributed by atoms with Crippen molar-refractivity contribution in [2.75, 3.05) is 19.6 Å². The van der Waals surface area contributed by atoms with E-state index in [2.05, 4.69) is 36.5 Å². The highest BCUT2D eigenvalue weighted by Gasteiger charge is 2.27. The van der Waals surface area contributed by atoms with Crippen LogP contribution in [0.25, 0.3) is 0 Å². The van der Waals surface area contributed by atoms with Crippen LogP contribution in [0.2, 0.25) is 0 Å². The summed E-state index contributed by atoms with van der Waals surface area (Å²) in [4.78, 5) is 12.2. The minimum Gasteiger partial charge on any atom is -0.350 e. The molecule has 2 N–H and O–H groups in total. The van der Waals surface area contributed by atoms with Crippen LogP contribution in [-0.2, 0) is 7.05 Å². The first-order chi connectivity index (χ1) is 9.41.